The molecule has 1 aliphatic heterocycles. The molecule has 3 aromatic carbocycles. The molecule has 5 rings (SSSR count). The molecule has 1 aliphatic rings. The van der Waals surface area contributed by atoms with E-state index in [0.717, 1.165) is 33.4 Å². The lowest BCUT2D eigenvalue weighted by Crippen LogP contribution is -2.29. The number of aromatic hydroxyl groups is 1. The van der Waals surface area contributed by atoms with Crippen LogP contribution in [0.3, 0.4) is 0 Å². The molecule has 1 aromatic heterocycles. The highest BCUT2D eigenvalue weighted by Crippen LogP contribution is 2.47. The summed E-state index contributed by atoms with van der Waals surface area (Å²) < 4.78 is 11.4. The summed E-state index contributed by atoms with van der Waals surface area (Å²) in [5.41, 5.74) is 7.16. The van der Waals surface area contributed by atoms with Gasteiger partial charge in [0.2, 0.25) is 0 Å². The van der Waals surface area contributed by atoms with Crippen molar-refractivity contribution in [2.24, 2.45) is 0 Å². The minimum absolute atomic E-state index is 0.130. The van der Waals surface area contributed by atoms with Gasteiger partial charge in [-0.15, -0.1) is 0 Å². The summed E-state index contributed by atoms with van der Waals surface area (Å²) in [6.07, 6.45) is 1.67. The van der Waals surface area contributed by atoms with Crippen LogP contribution in [-0.4, -0.2) is 39.8 Å². The van der Waals surface area contributed by atoms with Gasteiger partial charge in [0.1, 0.15) is 23.7 Å². The predicted molar refractivity (Wildman–Crippen MR) is 147 cm³/mol. The van der Waals surface area contributed by atoms with Crippen molar-refractivity contribution in [1.82, 2.24) is 15.1 Å². The van der Waals surface area contributed by atoms with Gasteiger partial charge in [-0.25, -0.2) is 0 Å². The molecule has 38 heavy (non-hydrogen) atoms. The van der Waals surface area contributed by atoms with Gasteiger partial charge in [0.25, 0.3) is 5.91 Å². The minimum Gasteiger partial charge on any atom is -0.507 e. The Morgan fingerprint density at radius 1 is 1.05 bits per heavy atom. The molecule has 4 aromatic rings. The van der Waals surface area contributed by atoms with Gasteiger partial charge in [-0.05, 0) is 61.2 Å². The second-order valence-corrected chi connectivity index (χ2v) is 9.67. The summed E-state index contributed by atoms with van der Waals surface area (Å²) in [6, 6.07) is 17.1. The number of nitrogens with one attached hydrogen (secondary N) is 1. The third-order valence-corrected chi connectivity index (χ3v) is 6.89. The van der Waals surface area contributed by atoms with Gasteiger partial charge in [0.05, 0.1) is 13.2 Å². The van der Waals surface area contributed by atoms with E-state index in [0.29, 0.717) is 41.6 Å². The Morgan fingerprint density at radius 3 is 2.50 bits per heavy atom. The van der Waals surface area contributed by atoms with Crippen LogP contribution in [-0.2, 0) is 6.54 Å². The molecule has 0 spiro atoms. The smallest absolute Gasteiger partial charge is 0.273 e. The van der Waals surface area contributed by atoms with Crippen molar-refractivity contribution in [3.63, 3.8) is 0 Å². The number of fused-ring (bicyclic) bond motifs is 1. The topological polar surface area (TPSA) is 87.7 Å². The number of hydrogen-bond donors (Lipinski definition) is 2. The zero-order valence-corrected chi connectivity index (χ0v) is 22.0. The summed E-state index contributed by atoms with van der Waals surface area (Å²) in [7, 11) is 1.59. The van der Waals surface area contributed by atoms with Gasteiger partial charge >= 0.3 is 0 Å². The van der Waals surface area contributed by atoms with Crippen LogP contribution in [0.4, 0.5) is 0 Å². The number of carbonyl (C=O) groups excluding carboxylic acids is 1. The van der Waals surface area contributed by atoms with Crippen LogP contribution in [0.25, 0.3) is 11.3 Å². The van der Waals surface area contributed by atoms with Gasteiger partial charge in [-0.1, -0.05) is 54.6 Å². The van der Waals surface area contributed by atoms with E-state index in [1.165, 1.54) is 0 Å². The largest absolute Gasteiger partial charge is 0.507 e. The normalized spacial score (nSPS) is 14.5. The highest BCUT2D eigenvalue weighted by atomic mass is 16.5. The maximum absolute atomic E-state index is 13.8. The quantitative estimate of drug-likeness (QED) is 0.283. The standard InChI is InChI=1S/C31H31N3O4/c1-6-13-38-24-12-11-22(16-25(24)37-5)30-27-28(26-20(4)14-19(3)15-23(26)35)32-33-29(27)31(36)34(30)17-21-9-7-18(2)8-10-21/h6-12,14-16,30,35H,1,13,17H2,2-5H3,(H,32,33). The second-order valence-electron chi connectivity index (χ2n) is 9.67. The lowest BCUT2D eigenvalue weighted by molar-refractivity contribution is 0.0730. The highest BCUT2D eigenvalue weighted by Gasteiger charge is 2.43. The van der Waals surface area contributed by atoms with Crippen LogP contribution >= 0.6 is 0 Å². The van der Waals surface area contributed by atoms with E-state index in [9.17, 15) is 9.90 Å². The van der Waals surface area contributed by atoms with Crippen molar-refractivity contribution in [3.05, 3.63) is 106 Å². The third-order valence-electron chi connectivity index (χ3n) is 6.89. The van der Waals surface area contributed by atoms with Gasteiger partial charge in [-0.2, -0.15) is 5.10 Å². The number of rotatable bonds is 8. The molecule has 0 radical (unpaired) electrons. The van der Waals surface area contributed by atoms with Crippen LogP contribution in [0.15, 0.2) is 67.3 Å². The van der Waals surface area contributed by atoms with Crippen molar-refractivity contribution in [1.29, 1.82) is 0 Å². The van der Waals surface area contributed by atoms with Crippen LogP contribution in [0, 0.1) is 20.8 Å². The van der Waals surface area contributed by atoms with Crippen molar-refractivity contribution in [2.45, 2.75) is 33.4 Å². The number of ether oxygens (including phenoxy) is 2. The average molecular weight is 510 g/mol. The molecule has 1 atom stereocenters. The van der Waals surface area contributed by atoms with Gasteiger partial charge in [-0.3, -0.25) is 9.89 Å². The zero-order valence-electron chi connectivity index (χ0n) is 22.0. The zero-order chi connectivity index (χ0) is 27.0. The van der Waals surface area contributed by atoms with Gasteiger partial charge in [0, 0.05) is 17.7 Å². The van der Waals surface area contributed by atoms with E-state index in [1.807, 2.05) is 74.2 Å². The lowest BCUT2D eigenvalue weighted by atomic mass is 9.93. The molecular weight excluding hydrogens is 478 g/mol. The number of phenols is 1. The molecular formula is C31H31N3O4. The highest BCUT2D eigenvalue weighted by molar-refractivity contribution is 6.00. The number of hydrogen-bond acceptors (Lipinski definition) is 5. The van der Waals surface area contributed by atoms with E-state index >= 15 is 0 Å². The van der Waals surface area contributed by atoms with Crippen LogP contribution < -0.4 is 9.47 Å². The fraction of sp³-hybridized carbons (Fsp3) is 0.226. The van der Waals surface area contributed by atoms with E-state index in [4.69, 9.17) is 9.47 Å². The van der Waals surface area contributed by atoms with E-state index < -0.39 is 6.04 Å². The lowest BCUT2D eigenvalue weighted by Gasteiger charge is -2.27. The Labute approximate surface area is 222 Å². The molecule has 0 saturated carbocycles. The van der Waals surface area contributed by atoms with E-state index in [-0.39, 0.29) is 11.7 Å². The number of aryl methyl sites for hydroxylation is 3. The van der Waals surface area contributed by atoms with Gasteiger partial charge < -0.3 is 19.5 Å². The molecule has 1 unspecified atom stereocenters. The SMILES string of the molecule is C=CCOc1ccc(C2c3c(-c4c(C)cc(C)cc4O)n[nH]c3C(=O)N2Cc2ccc(C)cc2)cc1OC. The molecule has 2 heterocycles. The summed E-state index contributed by atoms with van der Waals surface area (Å²) in [6.45, 7) is 10.4. The first-order valence-corrected chi connectivity index (χ1v) is 12.5. The first-order chi connectivity index (χ1) is 18.3. The molecule has 0 bridgehead atoms. The van der Waals surface area contributed by atoms with Crippen LogP contribution in [0.2, 0.25) is 0 Å². The number of nitrogens with zero attached hydrogens (tertiary/aromatic N) is 2. The molecule has 2 N–H and O–H groups in total. The molecule has 0 fully saturated rings. The maximum Gasteiger partial charge on any atom is 0.273 e. The predicted octanol–water partition coefficient (Wildman–Crippen LogP) is 6.03. The van der Waals surface area contributed by atoms with E-state index in [2.05, 4.69) is 16.8 Å². The summed E-state index contributed by atoms with van der Waals surface area (Å²) in [4.78, 5) is 15.6. The molecule has 0 saturated heterocycles. The first kappa shape index (κ1) is 25.1. The average Bonchev–Trinajstić information content (AvgIpc) is 3.42. The number of benzene rings is 3. The first-order valence-electron chi connectivity index (χ1n) is 12.5. The minimum atomic E-state index is -0.463. The Morgan fingerprint density at radius 2 is 1.82 bits per heavy atom. The molecule has 194 valence electrons. The fourth-order valence-corrected chi connectivity index (χ4v) is 5.16. The van der Waals surface area contributed by atoms with Crippen molar-refractivity contribution < 1.29 is 19.4 Å². The molecule has 1 amide bonds. The number of aromatic amines is 1. The maximum atomic E-state index is 13.8. The Hall–Kier alpha value is -4.52. The van der Waals surface area contributed by atoms with E-state index in [1.54, 1.807) is 19.3 Å². The third kappa shape index (κ3) is 4.41. The number of aromatic nitrogens is 2. The van der Waals surface area contributed by atoms with Crippen LogP contribution in [0.1, 0.15) is 49.9 Å². The number of carbonyl (C=O) groups is 1. The summed E-state index contributed by atoms with van der Waals surface area (Å²) >= 11 is 0. The number of H-pyrrole nitrogens is 1. The Bertz CT molecular complexity index is 1500. The monoisotopic (exact) mass is 509 g/mol. The molecule has 0 aliphatic carbocycles. The summed E-state index contributed by atoms with van der Waals surface area (Å²) in [5.74, 6) is 1.12. The summed E-state index contributed by atoms with van der Waals surface area (Å²) in [5, 5.41) is 18.4. The fourth-order valence-electron chi connectivity index (χ4n) is 5.16. The van der Waals surface area contributed by atoms with Crippen molar-refractivity contribution in [2.75, 3.05) is 13.7 Å². The Balaban J connectivity index is 1.67. The number of phenolic OH excluding ortho intramolecular Hbond substituents is 1. The Kier molecular flexibility index (Phi) is 6.68. The molecule has 7 heteroatoms. The molecule has 7 nitrogen and oxygen atoms in total. The van der Waals surface area contributed by atoms with Crippen LogP contribution in [0.5, 0.6) is 17.2 Å². The van der Waals surface area contributed by atoms with Gasteiger partial charge in [0.15, 0.2) is 11.5 Å². The van der Waals surface area contributed by atoms with Crippen molar-refractivity contribution >= 4 is 5.91 Å². The number of amides is 1. The van der Waals surface area contributed by atoms with Crippen molar-refractivity contribution in [3.8, 4) is 28.5 Å². The number of methoxy groups -OCH3 is 1. The second kappa shape index (κ2) is 10.1.